The number of carboxylic acid groups (broad SMARTS) is 1. The molecule has 0 spiro atoms. The number of aromatic nitrogens is 14. The van der Waals surface area contributed by atoms with E-state index in [2.05, 4.69) is 151 Å². The van der Waals surface area contributed by atoms with Crippen molar-refractivity contribution in [3.8, 4) is 5.75 Å². The van der Waals surface area contributed by atoms with Gasteiger partial charge in [0.15, 0.2) is 31.5 Å². The molecule has 143 heavy (non-hydrogen) atoms. The maximum absolute atomic E-state index is 13.0. The number of piperazine rings is 1. The molecule has 10 aromatic carbocycles. The Morgan fingerprint density at radius 3 is 1.27 bits per heavy atom. The van der Waals surface area contributed by atoms with Gasteiger partial charge in [-0.25, -0.2) is 54.4 Å². The van der Waals surface area contributed by atoms with Gasteiger partial charge in [0.1, 0.15) is 49.9 Å². The van der Waals surface area contributed by atoms with Crippen LogP contribution in [0.2, 0.25) is 5.28 Å². The fraction of sp³-hybridized carbons (Fsp3) is 0.255. The van der Waals surface area contributed by atoms with Gasteiger partial charge in [0, 0.05) is 78.2 Å². The molecule has 0 saturated carbocycles. The van der Waals surface area contributed by atoms with Gasteiger partial charge in [-0.15, -0.1) is 11.3 Å². The summed E-state index contributed by atoms with van der Waals surface area (Å²) in [6, 6.07) is 46.5. The molecule has 0 aliphatic carbocycles. The van der Waals surface area contributed by atoms with Gasteiger partial charge in [0.2, 0.25) is 28.9 Å². The van der Waals surface area contributed by atoms with Gasteiger partial charge in [-0.3, -0.25) is 24.0 Å². The number of hydrogen-bond donors (Lipinski definition) is 14. The number of carboxylic acids is 1. The van der Waals surface area contributed by atoms with Crippen molar-refractivity contribution in [2.45, 2.75) is 108 Å². The van der Waals surface area contributed by atoms with Crippen molar-refractivity contribution in [2.75, 3.05) is 59.8 Å². The summed E-state index contributed by atoms with van der Waals surface area (Å²) >= 11 is 15.2. The number of nitrogens with zero attached hydrogens (tertiary/aromatic N) is 12. The van der Waals surface area contributed by atoms with Crippen molar-refractivity contribution >= 4 is 275 Å². The number of H-pyrrole nitrogens is 4. The summed E-state index contributed by atoms with van der Waals surface area (Å²) in [5.74, 6) is -0.0806. The molecule has 0 radical (unpaired) electrons. The molecule has 1 saturated heterocycles. The number of hydrogen-bond acceptors (Lipinski definition) is 29. The van der Waals surface area contributed by atoms with Crippen LogP contribution in [0, 0.1) is 30.6 Å². The van der Waals surface area contributed by atoms with E-state index in [9.17, 15) is 38.7 Å². The summed E-state index contributed by atoms with van der Waals surface area (Å²) in [7, 11) is 4.03. The van der Waals surface area contributed by atoms with Gasteiger partial charge >= 0.3 is 11.7 Å². The van der Waals surface area contributed by atoms with E-state index < -0.39 is 29.6 Å². The Morgan fingerprint density at radius 2 is 0.811 bits per heavy atom. The van der Waals surface area contributed by atoms with Crippen LogP contribution in [0.1, 0.15) is 159 Å². The maximum atomic E-state index is 13.0. The highest BCUT2D eigenvalue weighted by Gasteiger charge is 2.27. The minimum absolute atomic E-state index is 0.0311. The van der Waals surface area contributed by atoms with Crippen molar-refractivity contribution in [1.29, 1.82) is 0 Å². The summed E-state index contributed by atoms with van der Waals surface area (Å²) in [5.41, 5.74) is 43.4. The number of anilines is 10. The van der Waals surface area contributed by atoms with Crippen molar-refractivity contribution in [1.82, 2.24) is 79.2 Å². The number of aromatic amines is 4. The summed E-state index contributed by atoms with van der Waals surface area (Å²) in [6.07, 6.45) is 5.27. The molecule has 734 valence electrons. The first-order valence-corrected chi connectivity index (χ1v) is 51.4. The highest BCUT2D eigenvalue weighted by atomic mass is 35.5. The molecule has 1 aliphatic heterocycles. The molecular weight excluding hydrogens is 1950 g/mol. The molecule has 20 aromatic rings. The molecule has 10 aromatic heterocycles. The number of aromatic carboxylic acids is 1. The molecule has 18 N–H and O–H groups in total. The Balaban J connectivity index is 0.000000123. The number of nitrogens with two attached hydrogens (primary N) is 4. The second kappa shape index (κ2) is 42.5. The number of carbonyl (C=O) groups is 6. The minimum atomic E-state index is -0.986. The number of thiazole rings is 6. The first-order valence-electron chi connectivity index (χ1n) is 46.1. The monoisotopic (exact) mass is 2050 g/mol. The topological polar surface area (TPSA) is 504 Å². The average Bonchev–Trinajstić information content (AvgIpc) is 1.62. The number of fused-ring (bicyclic) bond motifs is 15. The average molecular weight is 2050 g/mol. The van der Waals surface area contributed by atoms with Crippen molar-refractivity contribution < 1.29 is 38.6 Å². The molecule has 11 heterocycles. The fourth-order valence-electron chi connectivity index (χ4n) is 16.5. The zero-order valence-electron chi connectivity index (χ0n) is 80.3. The molecule has 0 atom stereocenters. The highest BCUT2D eigenvalue weighted by molar-refractivity contribution is 7.25. The van der Waals surface area contributed by atoms with E-state index in [1.807, 2.05) is 116 Å². The molecular formula is C102H104ClN25O9S6. The molecule has 5 amide bonds. The van der Waals surface area contributed by atoms with Crippen molar-refractivity contribution in [3.63, 3.8) is 0 Å². The van der Waals surface area contributed by atoms with E-state index in [-0.39, 0.29) is 23.3 Å². The number of rotatable bonds is 26. The van der Waals surface area contributed by atoms with E-state index in [1.54, 1.807) is 83.6 Å². The van der Waals surface area contributed by atoms with Crippen LogP contribution < -0.4 is 59.9 Å². The first kappa shape index (κ1) is 99.6. The van der Waals surface area contributed by atoms with Gasteiger partial charge in [0.05, 0.1) is 90.0 Å². The summed E-state index contributed by atoms with van der Waals surface area (Å²) in [6.45, 7) is 26.2. The molecule has 21 rings (SSSR count). The molecule has 1 fully saturated rings. The Labute approximate surface area is 848 Å². The quantitative estimate of drug-likeness (QED) is 0.0239. The lowest BCUT2D eigenvalue weighted by molar-refractivity contribution is 0.0651. The standard InChI is InChI=1S/C25H29N7O2S.C20H21N5OS.C19H18ClN5OS.C19H19N5O2S.C19H17N3O3S2/c1-14(2)12-15-4-5-16(22(26)33)13-18(15)28-25-30-21-19(35-25)7-6-17-20(21)29-23(27-17)24(34)32-10-8-31(3)9-11-32;1-11(2)8-12-4-5-13(19(21)26)9-14(12)23-20-24-18-16(27-20)7-6-15-17(18)22-10-25(15)3;1-9(2)7-10-3-4-11(17(21)26)8-13(10)23-19-25-16-14(27-19)6-5-12-15(16)24-18(20)22-12;1-9(2)7-10-3-4-11(17(20)25)8-13(10)22-19-24-16-14(27-19)6-5-12-15(16)23-18(26)21-12;1-9(2)25-14-6-4-11(18(23)24)8-13(14)21-19-22-16-15(27-19)7-5-12-17(16)26-10(3)20-12/h4-7,13-14H,8-12H2,1-3H3,(H2,26,33)(H,27,29)(H,28,30);4-7,9-11H,8H2,1-3H3,(H2,21,26)(H,23,24);3-6,8-9H,7H2,1-2H3,(H2,21,26)(H,22,24)(H,23,25);3-6,8-9H,7H2,1-2H3,(H2,20,25)(H,22,24)(H2,21,23,26);4-9H,1-3H3,(H,21,22)(H,23,24). The highest BCUT2D eigenvalue weighted by Crippen LogP contribution is 2.43. The Morgan fingerprint density at radius 1 is 0.420 bits per heavy atom. The molecule has 0 unspecified atom stereocenters. The normalized spacial score (nSPS) is 12.3. The third-order valence-corrected chi connectivity index (χ3v) is 29.0. The lowest BCUT2D eigenvalue weighted by Gasteiger charge is -2.31. The van der Waals surface area contributed by atoms with E-state index >= 15 is 0 Å². The van der Waals surface area contributed by atoms with Gasteiger partial charge < -0.3 is 93.7 Å². The Bertz CT molecular complexity index is 8010. The third kappa shape index (κ3) is 23.0. The Kier molecular flexibility index (Phi) is 29.6. The third-order valence-electron chi connectivity index (χ3n) is 23.2. The zero-order chi connectivity index (χ0) is 101. The number of imidazole rings is 4. The second-order valence-electron chi connectivity index (χ2n) is 36.6. The maximum Gasteiger partial charge on any atom is 0.335 e. The van der Waals surface area contributed by atoms with Crippen molar-refractivity contribution in [3.05, 3.63) is 235 Å². The summed E-state index contributed by atoms with van der Waals surface area (Å²) < 4.78 is 13.9. The zero-order valence-corrected chi connectivity index (χ0v) is 85.9. The summed E-state index contributed by atoms with van der Waals surface area (Å²) in [4.78, 5) is 140. The molecule has 0 bridgehead atoms. The van der Waals surface area contributed by atoms with Crippen LogP contribution in [0.15, 0.2) is 163 Å². The fourth-order valence-corrected chi connectivity index (χ4v) is 22.1. The second-order valence-corrected chi connectivity index (χ2v) is 43.3. The predicted molar refractivity (Wildman–Crippen MR) is 580 cm³/mol. The van der Waals surface area contributed by atoms with Gasteiger partial charge in [-0.2, -0.15) is 0 Å². The number of primary amides is 4. The SMILES string of the molecule is CC(C)Cc1ccc(C(N)=O)cc1Nc1nc2c(ccc3[nH]c(=O)[nH]c32)s1.CC(C)Cc1ccc(C(N)=O)cc1Nc1nc2c(ccc3[nH]c(C(=O)N4CCN(C)CC4)nc32)s1.CC(C)Cc1ccc(C(N)=O)cc1Nc1nc2c(ccc3[nH]c(Cl)nc32)s1.CC(C)Cc1ccc(C(N)=O)cc1Nc1nc2c(ccc3c2ncn3C)s1.Cc1nc2ccc3sc(Nc4cc(C(=O)O)ccc4OC(C)C)nc3c2s1. The number of aryl methyl sites for hydroxylation is 2. The van der Waals surface area contributed by atoms with Crippen LogP contribution in [0.5, 0.6) is 5.75 Å². The van der Waals surface area contributed by atoms with Crippen LogP contribution in [0.3, 0.4) is 0 Å². The first-order chi connectivity index (χ1) is 68.4. The number of likely N-dealkylation sites (N-methyl/N-ethyl adjacent to an activating group) is 1. The number of carbonyl (C=O) groups excluding carboxylic acids is 5. The van der Waals surface area contributed by atoms with E-state index in [4.69, 9.17) is 59.2 Å². The number of ether oxygens (including phenoxy) is 1. The number of nitrogens with one attached hydrogen (secondary N) is 9. The lowest BCUT2D eigenvalue weighted by Crippen LogP contribution is -2.47. The van der Waals surface area contributed by atoms with Gasteiger partial charge in [0.25, 0.3) is 5.91 Å². The molecule has 34 nitrogen and oxygen atoms in total. The number of halogens is 1. The number of amides is 5. The lowest BCUT2D eigenvalue weighted by atomic mass is 9.99. The van der Waals surface area contributed by atoms with E-state index in [0.717, 1.165) is 193 Å². The van der Waals surface area contributed by atoms with Crippen LogP contribution in [-0.2, 0) is 32.7 Å². The van der Waals surface area contributed by atoms with Crippen molar-refractivity contribution in [2.24, 2.45) is 53.7 Å². The molecule has 1 aliphatic rings. The van der Waals surface area contributed by atoms with E-state index in [0.29, 0.717) is 108 Å². The van der Waals surface area contributed by atoms with E-state index in [1.165, 1.54) is 51.4 Å². The van der Waals surface area contributed by atoms with Crippen LogP contribution in [0.4, 0.5) is 54.1 Å². The Hall–Kier alpha value is -14.9. The number of benzene rings is 10. The smallest absolute Gasteiger partial charge is 0.335 e. The van der Waals surface area contributed by atoms with Gasteiger partial charge in [-0.1, -0.05) is 136 Å². The van der Waals surface area contributed by atoms with Crippen LogP contribution in [0.25, 0.3) is 105 Å². The largest absolute Gasteiger partial charge is 0.489 e. The van der Waals surface area contributed by atoms with Crippen LogP contribution in [-0.4, -0.2) is 159 Å². The predicted octanol–water partition coefficient (Wildman–Crippen LogP) is 21.6. The van der Waals surface area contributed by atoms with Gasteiger partial charge in [-0.05, 0) is 238 Å². The molecule has 41 heteroatoms. The summed E-state index contributed by atoms with van der Waals surface area (Å²) in [5, 5.41) is 30.9. The van der Waals surface area contributed by atoms with Crippen LogP contribution >= 0.6 is 79.6 Å². The minimum Gasteiger partial charge on any atom is -0.489 e.